The monoisotopic (exact) mass is 195 g/mol. The number of rotatable bonds is 4. The number of aliphatic hydroxyl groups excluding tert-OH is 1. The second kappa shape index (κ2) is 4.74. The first-order valence-corrected chi connectivity index (χ1v) is 4.35. The van der Waals surface area contributed by atoms with Gasteiger partial charge in [0.25, 0.3) is 0 Å². The van der Waals surface area contributed by atoms with Gasteiger partial charge in [0.1, 0.15) is 0 Å². The van der Waals surface area contributed by atoms with Crippen LogP contribution in [0.25, 0.3) is 0 Å². The maximum Gasteiger partial charge on any atom is 0.335 e. The van der Waals surface area contributed by atoms with Crippen LogP contribution in [0.2, 0.25) is 0 Å². The van der Waals surface area contributed by atoms with Crippen LogP contribution in [-0.2, 0) is 0 Å². The first kappa shape index (κ1) is 10.7. The standard InChI is InChI=1S/C10H13NO3/c11-9(4-5-12)7-2-1-3-8(6-7)10(13)14/h1-3,6,9,12H,4-5,11H2,(H,13,14). The van der Waals surface area contributed by atoms with E-state index in [2.05, 4.69) is 0 Å². The van der Waals surface area contributed by atoms with Gasteiger partial charge in [0, 0.05) is 12.6 Å². The fourth-order valence-electron chi connectivity index (χ4n) is 1.21. The molecule has 14 heavy (non-hydrogen) atoms. The molecule has 0 spiro atoms. The van der Waals surface area contributed by atoms with Crippen molar-refractivity contribution >= 4 is 5.97 Å². The number of benzene rings is 1. The van der Waals surface area contributed by atoms with Crippen molar-refractivity contribution in [2.24, 2.45) is 5.73 Å². The first-order valence-electron chi connectivity index (χ1n) is 4.35. The zero-order chi connectivity index (χ0) is 10.6. The number of hydrogen-bond acceptors (Lipinski definition) is 3. The van der Waals surface area contributed by atoms with E-state index < -0.39 is 5.97 Å². The van der Waals surface area contributed by atoms with Gasteiger partial charge in [-0.25, -0.2) is 4.79 Å². The molecule has 1 unspecified atom stereocenters. The Labute approximate surface area is 82.0 Å². The Balaban J connectivity index is 2.87. The lowest BCUT2D eigenvalue weighted by molar-refractivity contribution is 0.0696. The third-order valence-corrected chi connectivity index (χ3v) is 2.00. The highest BCUT2D eigenvalue weighted by molar-refractivity contribution is 5.87. The van der Waals surface area contributed by atoms with E-state index in [4.69, 9.17) is 15.9 Å². The minimum absolute atomic E-state index is 0.00152. The van der Waals surface area contributed by atoms with E-state index in [9.17, 15) is 4.79 Å². The van der Waals surface area contributed by atoms with E-state index in [0.29, 0.717) is 6.42 Å². The van der Waals surface area contributed by atoms with Crippen molar-refractivity contribution in [2.75, 3.05) is 6.61 Å². The fraction of sp³-hybridized carbons (Fsp3) is 0.300. The maximum atomic E-state index is 10.6. The van der Waals surface area contributed by atoms with Crippen molar-refractivity contribution in [1.82, 2.24) is 0 Å². The number of carboxylic acids is 1. The van der Waals surface area contributed by atoms with Crippen molar-refractivity contribution in [3.63, 3.8) is 0 Å². The highest BCUT2D eigenvalue weighted by Crippen LogP contribution is 2.15. The van der Waals surface area contributed by atoms with Gasteiger partial charge in [-0.3, -0.25) is 0 Å². The summed E-state index contributed by atoms with van der Waals surface area (Å²) in [6, 6.07) is 6.14. The summed E-state index contributed by atoms with van der Waals surface area (Å²) in [4.78, 5) is 10.6. The smallest absolute Gasteiger partial charge is 0.335 e. The average molecular weight is 195 g/mol. The van der Waals surface area contributed by atoms with E-state index >= 15 is 0 Å². The number of aliphatic hydroxyl groups is 1. The van der Waals surface area contributed by atoms with Crippen LogP contribution in [0, 0.1) is 0 Å². The molecule has 0 saturated heterocycles. The van der Waals surface area contributed by atoms with E-state index in [1.54, 1.807) is 12.1 Å². The van der Waals surface area contributed by atoms with E-state index in [0.717, 1.165) is 5.56 Å². The van der Waals surface area contributed by atoms with Gasteiger partial charge in [-0.05, 0) is 24.1 Å². The SMILES string of the molecule is NC(CCO)c1cccc(C(=O)O)c1. The molecular formula is C10H13NO3. The molecule has 1 aromatic carbocycles. The molecule has 0 aliphatic carbocycles. The summed E-state index contributed by atoms with van der Waals surface area (Å²) < 4.78 is 0. The summed E-state index contributed by atoms with van der Waals surface area (Å²) in [6.07, 6.45) is 0.434. The topological polar surface area (TPSA) is 83.5 Å². The van der Waals surface area contributed by atoms with Gasteiger partial charge in [-0.15, -0.1) is 0 Å². The van der Waals surface area contributed by atoms with Crippen LogP contribution >= 0.6 is 0 Å². The molecule has 4 heteroatoms. The highest BCUT2D eigenvalue weighted by atomic mass is 16.4. The maximum absolute atomic E-state index is 10.6. The summed E-state index contributed by atoms with van der Waals surface area (Å²) >= 11 is 0. The van der Waals surface area contributed by atoms with Crippen LogP contribution in [0.1, 0.15) is 28.4 Å². The molecule has 4 nitrogen and oxygen atoms in total. The van der Waals surface area contributed by atoms with E-state index in [1.807, 2.05) is 0 Å². The van der Waals surface area contributed by atoms with Crippen molar-refractivity contribution < 1.29 is 15.0 Å². The van der Waals surface area contributed by atoms with Crippen molar-refractivity contribution in [1.29, 1.82) is 0 Å². The molecule has 0 aliphatic rings. The molecule has 0 saturated carbocycles. The number of nitrogens with two attached hydrogens (primary N) is 1. The lowest BCUT2D eigenvalue weighted by Crippen LogP contribution is -2.12. The van der Waals surface area contributed by atoms with Crippen molar-refractivity contribution in [2.45, 2.75) is 12.5 Å². The summed E-state index contributed by atoms with van der Waals surface area (Å²) in [5, 5.41) is 17.4. The Morgan fingerprint density at radius 3 is 2.79 bits per heavy atom. The molecule has 0 aliphatic heterocycles. The van der Waals surface area contributed by atoms with E-state index in [1.165, 1.54) is 12.1 Å². The highest BCUT2D eigenvalue weighted by Gasteiger charge is 2.08. The molecule has 1 atom stereocenters. The third kappa shape index (κ3) is 2.55. The molecule has 0 radical (unpaired) electrons. The average Bonchev–Trinajstić information content (AvgIpc) is 2.18. The Bertz CT molecular complexity index is 325. The molecule has 0 aromatic heterocycles. The van der Waals surface area contributed by atoms with Gasteiger partial charge in [0.15, 0.2) is 0 Å². The number of carbonyl (C=O) groups is 1. The lowest BCUT2D eigenvalue weighted by atomic mass is 10.0. The van der Waals surface area contributed by atoms with Gasteiger partial charge in [0.2, 0.25) is 0 Å². The van der Waals surface area contributed by atoms with Crippen LogP contribution < -0.4 is 5.73 Å². The quantitative estimate of drug-likeness (QED) is 0.662. The Kier molecular flexibility index (Phi) is 3.62. The minimum Gasteiger partial charge on any atom is -0.478 e. The predicted octanol–water partition coefficient (Wildman–Crippen LogP) is 0.767. The molecule has 76 valence electrons. The Morgan fingerprint density at radius 1 is 1.50 bits per heavy atom. The molecule has 0 fully saturated rings. The fourth-order valence-corrected chi connectivity index (χ4v) is 1.21. The Morgan fingerprint density at radius 2 is 2.21 bits per heavy atom. The molecule has 0 heterocycles. The van der Waals surface area contributed by atoms with Crippen LogP contribution in [0.4, 0.5) is 0 Å². The molecule has 0 amide bonds. The van der Waals surface area contributed by atoms with Gasteiger partial charge < -0.3 is 15.9 Å². The van der Waals surface area contributed by atoms with Gasteiger partial charge in [-0.1, -0.05) is 12.1 Å². The number of carboxylic acid groups (broad SMARTS) is 1. The van der Waals surface area contributed by atoms with Crippen LogP contribution in [0.3, 0.4) is 0 Å². The van der Waals surface area contributed by atoms with Gasteiger partial charge >= 0.3 is 5.97 Å². The summed E-state index contributed by atoms with van der Waals surface area (Å²) in [5.74, 6) is -0.969. The second-order valence-electron chi connectivity index (χ2n) is 3.05. The predicted molar refractivity (Wildman–Crippen MR) is 52.0 cm³/mol. The normalized spacial score (nSPS) is 12.4. The first-order chi connectivity index (χ1) is 6.65. The zero-order valence-electron chi connectivity index (χ0n) is 7.68. The molecular weight excluding hydrogens is 182 g/mol. The van der Waals surface area contributed by atoms with Crippen LogP contribution in [0.5, 0.6) is 0 Å². The molecule has 1 rings (SSSR count). The minimum atomic E-state index is -0.969. The second-order valence-corrected chi connectivity index (χ2v) is 3.05. The Hall–Kier alpha value is -1.39. The zero-order valence-corrected chi connectivity index (χ0v) is 7.68. The van der Waals surface area contributed by atoms with Crippen molar-refractivity contribution in [3.05, 3.63) is 35.4 Å². The van der Waals surface area contributed by atoms with Gasteiger partial charge in [-0.2, -0.15) is 0 Å². The molecule has 4 N–H and O–H groups in total. The number of hydrogen-bond donors (Lipinski definition) is 3. The van der Waals surface area contributed by atoms with Crippen LogP contribution in [0.15, 0.2) is 24.3 Å². The summed E-state index contributed by atoms with van der Waals surface area (Å²) in [6.45, 7) is -0.00152. The lowest BCUT2D eigenvalue weighted by Gasteiger charge is -2.10. The molecule has 0 bridgehead atoms. The van der Waals surface area contributed by atoms with Crippen LogP contribution in [-0.4, -0.2) is 22.8 Å². The van der Waals surface area contributed by atoms with E-state index in [-0.39, 0.29) is 18.2 Å². The summed E-state index contributed by atoms with van der Waals surface area (Å²) in [5.41, 5.74) is 6.68. The van der Waals surface area contributed by atoms with Crippen molar-refractivity contribution in [3.8, 4) is 0 Å². The number of aromatic carboxylic acids is 1. The van der Waals surface area contributed by atoms with Gasteiger partial charge in [0.05, 0.1) is 5.56 Å². The molecule has 1 aromatic rings. The largest absolute Gasteiger partial charge is 0.478 e. The summed E-state index contributed by atoms with van der Waals surface area (Å²) in [7, 11) is 0. The third-order valence-electron chi connectivity index (χ3n) is 2.00.